The summed E-state index contributed by atoms with van der Waals surface area (Å²) < 4.78 is 27.4. The lowest BCUT2D eigenvalue weighted by atomic mass is 10.1. The van der Waals surface area contributed by atoms with E-state index < -0.39 is 10.0 Å². The van der Waals surface area contributed by atoms with E-state index in [2.05, 4.69) is 24.1 Å². The van der Waals surface area contributed by atoms with E-state index in [9.17, 15) is 8.42 Å². The van der Waals surface area contributed by atoms with E-state index in [0.717, 1.165) is 19.3 Å². The van der Waals surface area contributed by atoms with Crippen LogP contribution in [0.3, 0.4) is 0 Å². The van der Waals surface area contributed by atoms with Gasteiger partial charge in [-0.2, -0.15) is 4.31 Å². The van der Waals surface area contributed by atoms with E-state index in [1.165, 1.54) is 0 Å². The van der Waals surface area contributed by atoms with Crippen molar-refractivity contribution in [1.29, 1.82) is 0 Å². The molecule has 1 fully saturated rings. The summed E-state index contributed by atoms with van der Waals surface area (Å²) in [5, 5.41) is 2.86. The van der Waals surface area contributed by atoms with Crippen molar-refractivity contribution in [2.75, 3.05) is 18.9 Å². The summed E-state index contributed by atoms with van der Waals surface area (Å²) in [5.41, 5.74) is 0. The van der Waals surface area contributed by atoms with Crippen LogP contribution in [-0.2, 0) is 10.0 Å². The third-order valence-corrected chi connectivity index (χ3v) is 5.46. The number of aromatic nitrogens is 1. The normalized spacial score (nSPS) is 15.8. The van der Waals surface area contributed by atoms with Gasteiger partial charge in [0.1, 0.15) is 10.7 Å². The average Bonchev–Trinajstić information content (AvgIpc) is 3.23. The Labute approximate surface area is 121 Å². The fraction of sp³-hybridized carbons (Fsp3) is 0.643. The number of hydrogen-bond acceptors (Lipinski definition) is 4. The lowest BCUT2D eigenvalue weighted by Gasteiger charge is -2.23. The molecule has 1 aromatic rings. The number of nitrogens with zero attached hydrogens (tertiary/aromatic N) is 2. The number of anilines is 1. The van der Waals surface area contributed by atoms with Crippen LogP contribution in [0, 0.1) is 5.92 Å². The molecule has 1 aliphatic rings. The molecule has 1 N–H and O–H groups in total. The first-order chi connectivity index (χ1) is 9.46. The van der Waals surface area contributed by atoms with Crippen molar-refractivity contribution in [3.05, 3.63) is 18.3 Å². The molecule has 20 heavy (non-hydrogen) atoms. The van der Waals surface area contributed by atoms with Crippen LogP contribution < -0.4 is 5.32 Å². The molecule has 0 aliphatic heterocycles. The summed E-state index contributed by atoms with van der Waals surface area (Å²) in [4.78, 5) is 4.38. The zero-order valence-corrected chi connectivity index (χ0v) is 13.2. The van der Waals surface area contributed by atoms with Gasteiger partial charge >= 0.3 is 0 Å². The van der Waals surface area contributed by atoms with Crippen molar-refractivity contribution in [3.63, 3.8) is 0 Å². The van der Waals surface area contributed by atoms with Crippen molar-refractivity contribution >= 4 is 15.8 Å². The molecule has 1 aromatic heterocycles. The predicted octanol–water partition coefficient (Wildman–Crippen LogP) is 2.32. The monoisotopic (exact) mass is 297 g/mol. The molecule has 0 unspecified atom stereocenters. The third kappa shape index (κ3) is 3.30. The Bertz CT molecular complexity index is 553. The minimum atomic E-state index is -3.47. The number of nitrogens with one attached hydrogen (secondary N) is 1. The molecule has 0 saturated heterocycles. The molecule has 0 atom stereocenters. The molecule has 0 radical (unpaired) electrons. The van der Waals surface area contributed by atoms with Crippen LogP contribution in [0.4, 0.5) is 5.82 Å². The van der Waals surface area contributed by atoms with Crippen molar-refractivity contribution < 1.29 is 8.42 Å². The molecule has 5 nitrogen and oxygen atoms in total. The molecule has 0 bridgehead atoms. The Morgan fingerprint density at radius 1 is 1.45 bits per heavy atom. The molecule has 6 heteroatoms. The van der Waals surface area contributed by atoms with E-state index >= 15 is 0 Å². The van der Waals surface area contributed by atoms with E-state index in [-0.39, 0.29) is 10.9 Å². The lowest BCUT2D eigenvalue weighted by molar-refractivity contribution is 0.373. The highest BCUT2D eigenvalue weighted by Gasteiger charge is 2.38. The minimum Gasteiger partial charge on any atom is -0.372 e. The fourth-order valence-corrected chi connectivity index (χ4v) is 4.01. The van der Waals surface area contributed by atoms with Gasteiger partial charge in [0.25, 0.3) is 0 Å². The van der Waals surface area contributed by atoms with Crippen LogP contribution in [0.1, 0.15) is 33.1 Å². The number of pyridine rings is 1. The second kappa shape index (κ2) is 6.10. The van der Waals surface area contributed by atoms with Crippen molar-refractivity contribution in [1.82, 2.24) is 9.29 Å². The molecule has 1 saturated carbocycles. The van der Waals surface area contributed by atoms with Crippen LogP contribution >= 0.6 is 0 Å². The minimum absolute atomic E-state index is 0.170. The summed E-state index contributed by atoms with van der Waals surface area (Å²) in [5.74, 6) is 0.909. The summed E-state index contributed by atoms with van der Waals surface area (Å²) in [7, 11) is -1.78. The van der Waals surface area contributed by atoms with Crippen molar-refractivity contribution in [2.45, 2.75) is 44.0 Å². The van der Waals surface area contributed by atoms with Crippen LogP contribution in [0.15, 0.2) is 23.2 Å². The number of sulfonamides is 1. The molecule has 112 valence electrons. The van der Waals surface area contributed by atoms with Crippen molar-refractivity contribution in [2.24, 2.45) is 5.92 Å². The second-order valence-corrected chi connectivity index (χ2v) is 7.49. The Hall–Kier alpha value is -1.14. The van der Waals surface area contributed by atoms with E-state index in [4.69, 9.17) is 0 Å². The fourth-order valence-electron chi connectivity index (χ4n) is 2.16. The summed E-state index contributed by atoms with van der Waals surface area (Å²) in [6.07, 6.45) is 4.41. The molecule has 0 amide bonds. The average molecular weight is 297 g/mol. The van der Waals surface area contributed by atoms with Crippen molar-refractivity contribution in [3.8, 4) is 0 Å². The van der Waals surface area contributed by atoms with Gasteiger partial charge in [0.2, 0.25) is 10.0 Å². The molecule has 0 aromatic carbocycles. The smallest absolute Gasteiger partial charge is 0.246 e. The molecule has 1 aliphatic carbocycles. The van der Waals surface area contributed by atoms with Gasteiger partial charge in [-0.1, -0.05) is 13.8 Å². The SMILES string of the molecule is CNc1ncccc1S(=O)(=O)N(CCC(C)C)C1CC1. The highest BCUT2D eigenvalue weighted by Crippen LogP contribution is 2.34. The lowest BCUT2D eigenvalue weighted by Crippen LogP contribution is -2.35. The topological polar surface area (TPSA) is 62.3 Å². The van der Waals surface area contributed by atoms with Gasteiger partial charge in [-0.05, 0) is 37.3 Å². The molecule has 2 rings (SSSR count). The van der Waals surface area contributed by atoms with E-state index in [1.54, 1.807) is 29.7 Å². The first-order valence-corrected chi connectivity index (χ1v) is 8.55. The highest BCUT2D eigenvalue weighted by atomic mass is 32.2. The van der Waals surface area contributed by atoms with Crippen LogP contribution in [0.5, 0.6) is 0 Å². The maximum absolute atomic E-state index is 12.9. The van der Waals surface area contributed by atoms with Gasteiger partial charge in [-0.25, -0.2) is 13.4 Å². The second-order valence-electron chi connectivity index (χ2n) is 5.63. The summed E-state index contributed by atoms with van der Waals surface area (Å²) in [6.45, 7) is 4.81. The van der Waals surface area contributed by atoms with E-state index in [1.807, 2.05) is 0 Å². The first kappa shape index (κ1) is 15.3. The zero-order chi connectivity index (χ0) is 14.8. The quantitative estimate of drug-likeness (QED) is 0.839. The van der Waals surface area contributed by atoms with Gasteiger partial charge in [0.15, 0.2) is 0 Å². The third-order valence-electron chi connectivity index (χ3n) is 3.48. The predicted molar refractivity (Wildman–Crippen MR) is 80.2 cm³/mol. The summed E-state index contributed by atoms with van der Waals surface area (Å²) >= 11 is 0. The maximum atomic E-state index is 12.9. The Morgan fingerprint density at radius 3 is 2.70 bits per heavy atom. The number of hydrogen-bond donors (Lipinski definition) is 1. The van der Waals surface area contributed by atoms with Gasteiger partial charge in [-0.3, -0.25) is 0 Å². The van der Waals surface area contributed by atoms with E-state index in [0.29, 0.717) is 18.3 Å². The maximum Gasteiger partial charge on any atom is 0.246 e. The van der Waals surface area contributed by atoms with Gasteiger partial charge in [-0.15, -0.1) is 0 Å². The molecular formula is C14H23N3O2S. The Morgan fingerprint density at radius 2 is 2.15 bits per heavy atom. The Kier molecular flexibility index (Phi) is 4.65. The first-order valence-electron chi connectivity index (χ1n) is 7.11. The van der Waals surface area contributed by atoms with Gasteiger partial charge in [0, 0.05) is 25.8 Å². The van der Waals surface area contributed by atoms with Crippen LogP contribution in [0.25, 0.3) is 0 Å². The molecule has 0 spiro atoms. The molecular weight excluding hydrogens is 274 g/mol. The van der Waals surface area contributed by atoms with Gasteiger partial charge in [0.05, 0.1) is 0 Å². The van der Waals surface area contributed by atoms with Crippen LogP contribution in [0.2, 0.25) is 0 Å². The zero-order valence-electron chi connectivity index (χ0n) is 12.3. The number of rotatable bonds is 7. The summed E-state index contributed by atoms with van der Waals surface area (Å²) in [6, 6.07) is 3.46. The highest BCUT2D eigenvalue weighted by molar-refractivity contribution is 7.89. The van der Waals surface area contributed by atoms with Gasteiger partial charge < -0.3 is 5.32 Å². The Balaban J connectivity index is 2.30. The standard InChI is InChI=1S/C14H23N3O2S/c1-11(2)8-10-17(12-6-7-12)20(18,19)13-5-4-9-16-14(13)15-3/h4-5,9,11-12H,6-8,10H2,1-3H3,(H,15,16). The molecule has 1 heterocycles. The van der Waals surface area contributed by atoms with Crippen LogP contribution in [-0.4, -0.2) is 37.3 Å². The largest absolute Gasteiger partial charge is 0.372 e.